The Bertz CT molecular complexity index is 4250. The first-order chi connectivity index (χ1) is 39.4. The van der Waals surface area contributed by atoms with Gasteiger partial charge < -0.3 is 57.2 Å². The number of hydrogen-bond acceptors (Lipinski definition) is 21. The van der Waals surface area contributed by atoms with Crippen LogP contribution in [0.1, 0.15) is 0 Å². The van der Waals surface area contributed by atoms with Crippen molar-refractivity contribution < 1.29 is 39.8 Å². The number of para-hydroxylation sites is 6. The van der Waals surface area contributed by atoms with Crippen LogP contribution < -0.4 is 35.7 Å². The molecule has 0 aliphatic heterocycles. The Morgan fingerprint density at radius 3 is 1.38 bits per heavy atom. The average molecular weight is 1120 g/mol. The van der Waals surface area contributed by atoms with Gasteiger partial charge in [-0.15, -0.1) is 20.5 Å². The second kappa shape index (κ2) is 22.9. The minimum Gasteiger partial charge on any atom is -0.507 e. The zero-order valence-electron chi connectivity index (χ0n) is 41.9. The van der Waals surface area contributed by atoms with Crippen LogP contribution in [0.15, 0.2) is 191 Å². The molecule has 0 unspecified atom stereocenters. The zero-order valence-corrected chi connectivity index (χ0v) is 43.4. The third kappa shape index (κ3) is 11.6. The SMILES string of the molecule is Oc1ccccc1Nc1ccc2cccc(O)c2c1N=Nc1cccc(Nc2nc(Cl)nc(NCC[n+]3cc[n+](-c4nc(Cl)nc(Nc5cccc(N=Nc6c(Nc7ccccc7O)ccc7cccc(O)c67)c5O)n4)cc3)n2)c1O. The van der Waals surface area contributed by atoms with Crippen LogP contribution in [-0.4, -0.2) is 67.1 Å². The van der Waals surface area contributed by atoms with Gasteiger partial charge in [0.25, 0.3) is 0 Å². The minimum absolute atomic E-state index is 0.00937. The number of nitrogens with zero attached hydrogens (tertiary/aromatic N) is 12. The zero-order chi connectivity index (χ0) is 56.0. The molecule has 8 aromatic carbocycles. The number of azo groups is 2. The molecule has 11 rings (SSSR count). The van der Waals surface area contributed by atoms with Crippen molar-refractivity contribution in [3.05, 3.63) is 181 Å². The van der Waals surface area contributed by atoms with Crippen LogP contribution >= 0.6 is 23.2 Å². The van der Waals surface area contributed by atoms with Crippen LogP contribution in [-0.2, 0) is 6.54 Å². The van der Waals surface area contributed by atoms with Crippen LogP contribution in [0, 0.1) is 0 Å². The number of rotatable bonds is 17. The summed E-state index contributed by atoms with van der Waals surface area (Å²) >= 11 is 12.7. The maximum absolute atomic E-state index is 11.4. The van der Waals surface area contributed by atoms with E-state index in [4.69, 9.17) is 23.2 Å². The second-order valence-corrected chi connectivity index (χ2v) is 18.3. The third-order valence-electron chi connectivity index (χ3n) is 12.3. The average Bonchev–Trinajstić information content (AvgIpc) is 3.59. The Morgan fingerprint density at radius 1 is 0.395 bits per heavy atom. The molecule has 400 valence electrons. The van der Waals surface area contributed by atoms with Crippen molar-refractivity contribution in [2.24, 2.45) is 20.5 Å². The highest BCUT2D eigenvalue weighted by Crippen LogP contribution is 2.46. The summed E-state index contributed by atoms with van der Waals surface area (Å²) in [5, 5.41) is 101. The van der Waals surface area contributed by atoms with E-state index in [1.54, 1.807) is 139 Å². The first kappa shape index (κ1) is 52.0. The Hall–Kier alpha value is -11.0. The van der Waals surface area contributed by atoms with Crippen LogP contribution in [0.3, 0.4) is 0 Å². The normalized spacial score (nSPS) is 11.4. The molecular formula is C56H43Cl2N17O6+2. The maximum Gasteiger partial charge on any atom is 0.444 e. The Labute approximate surface area is 468 Å². The molecule has 25 heteroatoms. The summed E-state index contributed by atoms with van der Waals surface area (Å²) in [5.41, 5.74) is 2.74. The summed E-state index contributed by atoms with van der Waals surface area (Å²) < 4.78 is 3.49. The summed E-state index contributed by atoms with van der Waals surface area (Å²) in [4.78, 5) is 25.9. The molecule has 11 aromatic rings. The molecule has 3 aromatic heterocycles. The highest BCUT2D eigenvalue weighted by Gasteiger charge is 2.21. The smallest absolute Gasteiger partial charge is 0.444 e. The van der Waals surface area contributed by atoms with Gasteiger partial charge in [0.15, 0.2) is 18.0 Å². The molecule has 81 heavy (non-hydrogen) atoms. The summed E-state index contributed by atoms with van der Waals surface area (Å²) in [6, 6.07) is 40.2. The van der Waals surface area contributed by atoms with Crippen molar-refractivity contribution in [1.29, 1.82) is 0 Å². The molecule has 0 saturated heterocycles. The number of aromatic hydroxyl groups is 6. The van der Waals surface area contributed by atoms with E-state index in [-0.39, 0.29) is 103 Å². The highest BCUT2D eigenvalue weighted by atomic mass is 35.5. The van der Waals surface area contributed by atoms with Crippen molar-refractivity contribution in [3.63, 3.8) is 0 Å². The monoisotopic (exact) mass is 1120 g/mol. The molecule has 3 heterocycles. The lowest BCUT2D eigenvalue weighted by molar-refractivity contribution is -0.720. The Morgan fingerprint density at radius 2 is 0.852 bits per heavy atom. The molecule has 0 aliphatic rings. The molecule has 0 atom stereocenters. The summed E-state index contributed by atoms with van der Waals surface area (Å²) in [6.45, 7) is 0.779. The van der Waals surface area contributed by atoms with Crippen LogP contribution in [0.2, 0.25) is 10.6 Å². The largest absolute Gasteiger partial charge is 0.507 e. The van der Waals surface area contributed by atoms with Crippen molar-refractivity contribution in [3.8, 4) is 40.4 Å². The van der Waals surface area contributed by atoms with Crippen molar-refractivity contribution >= 4 is 119 Å². The summed E-state index contributed by atoms with van der Waals surface area (Å²) in [6.07, 6.45) is 6.98. The number of benzene rings is 8. The second-order valence-electron chi connectivity index (χ2n) is 17.6. The van der Waals surface area contributed by atoms with Gasteiger partial charge in [-0.3, -0.25) is 0 Å². The fourth-order valence-electron chi connectivity index (χ4n) is 8.40. The van der Waals surface area contributed by atoms with Gasteiger partial charge in [0.1, 0.15) is 58.1 Å². The number of fused-ring (bicyclic) bond motifs is 2. The minimum atomic E-state index is -0.283. The van der Waals surface area contributed by atoms with Gasteiger partial charge in [0.05, 0.1) is 51.4 Å². The number of halogens is 2. The number of nitrogens with one attached hydrogen (secondary N) is 5. The van der Waals surface area contributed by atoms with E-state index >= 15 is 0 Å². The van der Waals surface area contributed by atoms with Crippen LogP contribution in [0.4, 0.5) is 74.7 Å². The van der Waals surface area contributed by atoms with Gasteiger partial charge in [0, 0.05) is 0 Å². The topological polar surface area (TPSA) is 316 Å². The van der Waals surface area contributed by atoms with Gasteiger partial charge >= 0.3 is 17.2 Å². The lowest BCUT2D eigenvalue weighted by Crippen LogP contribution is -2.43. The highest BCUT2D eigenvalue weighted by molar-refractivity contribution is 6.28. The third-order valence-corrected chi connectivity index (χ3v) is 12.6. The molecule has 0 saturated carbocycles. The predicted octanol–water partition coefficient (Wildman–Crippen LogP) is 12.4. The Balaban J connectivity index is 0.745. The van der Waals surface area contributed by atoms with Crippen LogP contribution in [0.25, 0.3) is 27.5 Å². The van der Waals surface area contributed by atoms with Gasteiger partial charge in [-0.1, -0.05) is 72.8 Å². The van der Waals surface area contributed by atoms with Crippen LogP contribution in [0.5, 0.6) is 34.5 Å². The molecule has 0 spiro atoms. The van der Waals surface area contributed by atoms with E-state index in [0.717, 1.165) is 0 Å². The fourth-order valence-corrected chi connectivity index (χ4v) is 8.72. The number of aromatic nitrogens is 8. The van der Waals surface area contributed by atoms with E-state index in [0.29, 0.717) is 57.4 Å². The molecule has 0 radical (unpaired) electrons. The van der Waals surface area contributed by atoms with Gasteiger partial charge in [-0.05, 0) is 117 Å². The van der Waals surface area contributed by atoms with E-state index in [1.807, 2.05) is 16.7 Å². The van der Waals surface area contributed by atoms with Crippen molar-refractivity contribution in [2.75, 3.05) is 33.1 Å². The first-order valence-electron chi connectivity index (χ1n) is 24.5. The number of anilines is 9. The lowest BCUT2D eigenvalue weighted by atomic mass is 10.1. The molecule has 11 N–H and O–H groups in total. The van der Waals surface area contributed by atoms with Gasteiger partial charge in [-0.25, -0.2) is 0 Å². The fraction of sp³-hybridized carbons (Fsp3) is 0.0357. The standard InChI is InChI=1S/C56H41Cl2N17O6/c57-51-64-53(68-54(65-51)62-37-13-7-15-39(49(37)80)70-72-47-35(60-33-11-1-3-17-41(33)76)23-21-31-9-5-19-43(78)45(31)47)59-25-26-74-27-29-75(30-28-74)56-67-52(58)66-55(69-56)63-38-14-8-16-40(50(38)81)71-73-48-36(61-34-12-2-4-18-42(34)77)24-22-32-10-6-20-44(79)46(32)48/h1-24,27-30H,25-26H2,(H9,59,60,61,62,63,64,65,66,67,68,69,70,71,72,73,76,77,78,79,80,81)/p+2. The van der Waals surface area contributed by atoms with E-state index in [1.165, 1.54) is 24.3 Å². The number of phenols is 6. The lowest BCUT2D eigenvalue weighted by Gasteiger charge is -2.13. The van der Waals surface area contributed by atoms with E-state index < -0.39 is 0 Å². The maximum atomic E-state index is 11.4. The quantitative estimate of drug-likeness (QED) is 0.0229. The Kier molecular flexibility index (Phi) is 14.7. The van der Waals surface area contributed by atoms with E-state index in [9.17, 15) is 30.6 Å². The first-order valence-corrected chi connectivity index (χ1v) is 25.2. The van der Waals surface area contributed by atoms with Crippen molar-refractivity contribution in [1.82, 2.24) is 29.9 Å². The summed E-state index contributed by atoms with van der Waals surface area (Å²) in [5.74, 6) is -0.269. The van der Waals surface area contributed by atoms with E-state index in [2.05, 4.69) is 76.9 Å². The van der Waals surface area contributed by atoms with Gasteiger partial charge in [-0.2, -0.15) is 29.1 Å². The van der Waals surface area contributed by atoms with Crippen molar-refractivity contribution in [2.45, 2.75) is 6.54 Å². The summed E-state index contributed by atoms with van der Waals surface area (Å²) in [7, 11) is 0. The molecular weight excluding hydrogens is 1080 g/mol. The predicted molar refractivity (Wildman–Crippen MR) is 305 cm³/mol. The number of phenolic OH excluding ortho intramolecular Hbond substituents is 6. The molecule has 0 fully saturated rings. The number of hydrogen-bond donors (Lipinski definition) is 11. The molecule has 0 aliphatic carbocycles. The van der Waals surface area contributed by atoms with Gasteiger partial charge in [0.2, 0.25) is 29.6 Å². The molecule has 0 bridgehead atoms. The molecule has 23 nitrogen and oxygen atoms in total. The molecule has 0 amide bonds.